The maximum Gasteiger partial charge on any atom is 0.337 e. The summed E-state index contributed by atoms with van der Waals surface area (Å²) in [4.78, 5) is 23.7. The minimum atomic E-state index is -0.843. The van der Waals surface area contributed by atoms with Gasteiger partial charge in [-0.05, 0) is 31.0 Å². The molecule has 1 aromatic rings. The molecule has 0 unspecified atom stereocenters. The Balaban J connectivity index is 2.20. The third kappa shape index (κ3) is 2.94. The van der Waals surface area contributed by atoms with E-state index in [0.29, 0.717) is 29.1 Å². The molecule has 1 fully saturated rings. The van der Waals surface area contributed by atoms with Gasteiger partial charge < -0.3 is 15.8 Å². The van der Waals surface area contributed by atoms with E-state index in [1.165, 1.54) is 19.2 Å². The average molecular weight is 297 g/mol. The highest BCUT2D eigenvalue weighted by molar-refractivity contribution is 6.34. The molecule has 0 aromatic heterocycles. The number of nitrogens with one attached hydrogen (secondary N) is 1. The van der Waals surface area contributed by atoms with Gasteiger partial charge in [-0.2, -0.15) is 0 Å². The maximum atomic E-state index is 12.2. The molecule has 1 aliphatic carbocycles. The Labute approximate surface area is 122 Å². The quantitative estimate of drug-likeness (QED) is 0.839. The second-order valence-electron chi connectivity index (χ2n) is 5.00. The standard InChI is InChI=1S/C14H17ClN2O3/c1-20-12(18)9-4-5-10(15)11(8-9)17-13(19)14(16)6-2-3-7-14/h4-5,8H,2-3,6-7,16H2,1H3,(H,17,19). The lowest BCUT2D eigenvalue weighted by atomic mass is 9.98. The van der Waals surface area contributed by atoms with Crippen LogP contribution in [0, 0.1) is 0 Å². The van der Waals surface area contributed by atoms with E-state index in [-0.39, 0.29) is 5.91 Å². The fraction of sp³-hybridized carbons (Fsp3) is 0.429. The molecule has 0 bridgehead atoms. The molecule has 108 valence electrons. The molecule has 0 saturated heterocycles. The van der Waals surface area contributed by atoms with E-state index in [4.69, 9.17) is 17.3 Å². The van der Waals surface area contributed by atoms with E-state index in [9.17, 15) is 9.59 Å². The summed E-state index contributed by atoms with van der Waals surface area (Å²) in [6, 6.07) is 4.57. The predicted molar refractivity (Wildman–Crippen MR) is 76.8 cm³/mol. The van der Waals surface area contributed by atoms with E-state index in [1.807, 2.05) is 0 Å². The number of ether oxygens (including phenoxy) is 1. The van der Waals surface area contributed by atoms with Crippen molar-refractivity contribution >= 4 is 29.2 Å². The summed E-state index contributed by atoms with van der Waals surface area (Å²) in [6.45, 7) is 0. The number of hydrogen-bond donors (Lipinski definition) is 2. The molecule has 0 atom stereocenters. The third-order valence-corrected chi connectivity index (χ3v) is 3.91. The number of anilines is 1. The zero-order valence-electron chi connectivity index (χ0n) is 11.2. The highest BCUT2D eigenvalue weighted by Gasteiger charge is 2.37. The van der Waals surface area contributed by atoms with Gasteiger partial charge in [-0.3, -0.25) is 4.79 Å². The number of methoxy groups -OCH3 is 1. The van der Waals surface area contributed by atoms with Crippen molar-refractivity contribution in [1.29, 1.82) is 0 Å². The number of hydrogen-bond acceptors (Lipinski definition) is 4. The van der Waals surface area contributed by atoms with Crippen molar-refractivity contribution in [2.45, 2.75) is 31.2 Å². The van der Waals surface area contributed by atoms with Gasteiger partial charge in [-0.15, -0.1) is 0 Å². The van der Waals surface area contributed by atoms with Gasteiger partial charge in [0.05, 0.1) is 28.9 Å². The number of halogens is 1. The summed E-state index contributed by atoms with van der Waals surface area (Å²) in [5, 5.41) is 3.06. The molecule has 20 heavy (non-hydrogen) atoms. The predicted octanol–water partition coefficient (Wildman–Crippen LogP) is 2.34. The fourth-order valence-corrected chi connectivity index (χ4v) is 2.51. The largest absolute Gasteiger partial charge is 0.465 e. The zero-order valence-corrected chi connectivity index (χ0v) is 12.0. The van der Waals surface area contributed by atoms with Crippen LogP contribution in [-0.4, -0.2) is 24.5 Å². The Hall–Kier alpha value is -1.59. The van der Waals surface area contributed by atoms with Crippen LogP contribution in [0.4, 0.5) is 5.69 Å². The maximum absolute atomic E-state index is 12.2. The molecule has 2 rings (SSSR count). The van der Waals surface area contributed by atoms with Gasteiger partial charge in [-0.1, -0.05) is 24.4 Å². The van der Waals surface area contributed by atoms with E-state index >= 15 is 0 Å². The highest BCUT2D eigenvalue weighted by Crippen LogP contribution is 2.30. The topological polar surface area (TPSA) is 81.4 Å². The molecule has 0 heterocycles. The molecular weight excluding hydrogens is 280 g/mol. The van der Waals surface area contributed by atoms with Crippen LogP contribution in [0.15, 0.2) is 18.2 Å². The van der Waals surface area contributed by atoms with Crippen molar-refractivity contribution in [2.24, 2.45) is 5.73 Å². The van der Waals surface area contributed by atoms with Crippen molar-refractivity contribution in [3.63, 3.8) is 0 Å². The summed E-state index contributed by atoms with van der Waals surface area (Å²) in [5.74, 6) is -0.751. The van der Waals surface area contributed by atoms with Crippen molar-refractivity contribution in [1.82, 2.24) is 0 Å². The van der Waals surface area contributed by atoms with E-state index in [1.54, 1.807) is 6.07 Å². The Morgan fingerprint density at radius 2 is 2.00 bits per heavy atom. The Morgan fingerprint density at radius 3 is 2.60 bits per heavy atom. The van der Waals surface area contributed by atoms with Crippen LogP contribution in [0.25, 0.3) is 0 Å². The third-order valence-electron chi connectivity index (χ3n) is 3.58. The molecule has 6 heteroatoms. The Morgan fingerprint density at radius 1 is 1.35 bits per heavy atom. The van der Waals surface area contributed by atoms with Crippen LogP contribution >= 0.6 is 11.6 Å². The molecule has 0 radical (unpaired) electrons. The van der Waals surface area contributed by atoms with Crippen LogP contribution < -0.4 is 11.1 Å². The molecule has 0 spiro atoms. The van der Waals surface area contributed by atoms with Crippen LogP contribution in [0.2, 0.25) is 5.02 Å². The molecule has 0 aliphatic heterocycles. The van der Waals surface area contributed by atoms with E-state index < -0.39 is 11.5 Å². The van der Waals surface area contributed by atoms with Crippen molar-refractivity contribution in [2.75, 3.05) is 12.4 Å². The first-order valence-electron chi connectivity index (χ1n) is 6.44. The van der Waals surface area contributed by atoms with Gasteiger partial charge in [0, 0.05) is 0 Å². The SMILES string of the molecule is COC(=O)c1ccc(Cl)c(NC(=O)C2(N)CCCC2)c1. The van der Waals surface area contributed by atoms with Crippen LogP contribution in [-0.2, 0) is 9.53 Å². The summed E-state index contributed by atoms with van der Waals surface area (Å²) >= 11 is 6.03. The van der Waals surface area contributed by atoms with Gasteiger partial charge in [-0.25, -0.2) is 4.79 Å². The number of carbonyl (C=O) groups excluding carboxylic acids is 2. The lowest BCUT2D eigenvalue weighted by Crippen LogP contribution is -2.48. The molecule has 3 N–H and O–H groups in total. The van der Waals surface area contributed by atoms with Crippen LogP contribution in [0.3, 0.4) is 0 Å². The number of benzene rings is 1. The smallest absolute Gasteiger partial charge is 0.337 e. The number of amides is 1. The zero-order chi connectivity index (χ0) is 14.8. The van der Waals surface area contributed by atoms with Crippen molar-refractivity contribution < 1.29 is 14.3 Å². The molecule has 1 saturated carbocycles. The number of carbonyl (C=O) groups is 2. The van der Waals surface area contributed by atoms with Crippen molar-refractivity contribution in [3.8, 4) is 0 Å². The first kappa shape index (κ1) is 14.8. The molecule has 1 amide bonds. The van der Waals surface area contributed by atoms with Crippen LogP contribution in [0.1, 0.15) is 36.0 Å². The molecule has 1 aromatic carbocycles. The molecular formula is C14H17ClN2O3. The van der Waals surface area contributed by atoms with Gasteiger partial charge in [0.25, 0.3) is 0 Å². The number of esters is 1. The normalized spacial score (nSPS) is 16.8. The molecule has 1 aliphatic rings. The van der Waals surface area contributed by atoms with Gasteiger partial charge in [0.2, 0.25) is 5.91 Å². The Kier molecular flexibility index (Phi) is 4.30. The lowest BCUT2D eigenvalue weighted by Gasteiger charge is -2.22. The second kappa shape index (κ2) is 5.81. The van der Waals surface area contributed by atoms with Crippen molar-refractivity contribution in [3.05, 3.63) is 28.8 Å². The molecule has 5 nitrogen and oxygen atoms in total. The van der Waals surface area contributed by atoms with Gasteiger partial charge in [0.15, 0.2) is 0 Å². The summed E-state index contributed by atoms with van der Waals surface area (Å²) in [5.41, 5.74) is 5.93. The van der Waals surface area contributed by atoms with E-state index in [0.717, 1.165) is 12.8 Å². The Bertz CT molecular complexity index is 539. The summed E-state index contributed by atoms with van der Waals surface area (Å²) in [7, 11) is 1.29. The summed E-state index contributed by atoms with van der Waals surface area (Å²) in [6.07, 6.45) is 3.21. The van der Waals surface area contributed by atoms with Gasteiger partial charge >= 0.3 is 5.97 Å². The average Bonchev–Trinajstić information content (AvgIpc) is 2.88. The summed E-state index contributed by atoms with van der Waals surface area (Å²) < 4.78 is 4.64. The van der Waals surface area contributed by atoms with E-state index in [2.05, 4.69) is 10.1 Å². The number of nitrogens with two attached hydrogens (primary N) is 1. The monoisotopic (exact) mass is 296 g/mol. The number of rotatable bonds is 3. The first-order chi connectivity index (χ1) is 9.46. The minimum Gasteiger partial charge on any atom is -0.465 e. The fourth-order valence-electron chi connectivity index (χ4n) is 2.35. The highest BCUT2D eigenvalue weighted by atomic mass is 35.5. The van der Waals surface area contributed by atoms with Gasteiger partial charge in [0.1, 0.15) is 0 Å². The first-order valence-corrected chi connectivity index (χ1v) is 6.82. The van der Waals surface area contributed by atoms with Crippen LogP contribution in [0.5, 0.6) is 0 Å². The lowest BCUT2D eigenvalue weighted by molar-refractivity contribution is -0.121. The second-order valence-corrected chi connectivity index (χ2v) is 5.41. The minimum absolute atomic E-state index is 0.265.